The highest BCUT2D eigenvalue weighted by atomic mass is 16.4. The van der Waals surface area contributed by atoms with Crippen LogP contribution in [0.2, 0.25) is 0 Å². The summed E-state index contributed by atoms with van der Waals surface area (Å²) in [6.45, 7) is 3.20. The van der Waals surface area contributed by atoms with E-state index in [4.69, 9.17) is 10.4 Å². The number of rotatable bonds is 2. The number of aromatic nitrogens is 4. The molecule has 0 fully saturated rings. The largest absolute Gasteiger partial charge is 0.478 e. The molecule has 0 atom stereocenters. The van der Waals surface area contributed by atoms with Gasteiger partial charge in [-0.05, 0) is 13.8 Å². The summed E-state index contributed by atoms with van der Waals surface area (Å²) in [5, 5.41) is 22.1. The molecule has 7 heteroatoms. The lowest BCUT2D eigenvalue weighted by Crippen LogP contribution is -2.07. The van der Waals surface area contributed by atoms with Crippen molar-refractivity contribution in [2.45, 2.75) is 13.8 Å². The number of hydrogen-bond donors (Lipinski definition) is 1. The molecular weight excluding hydrogens is 234 g/mol. The fraction of sp³-hybridized carbons (Fsp3) is 0.182. The molecule has 0 bridgehead atoms. The Morgan fingerprint density at radius 1 is 1.39 bits per heavy atom. The first-order valence-electron chi connectivity index (χ1n) is 5.07. The van der Waals surface area contributed by atoms with Crippen LogP contribution in [0.15, 0.2) is 12.4 Å². The maximum absolute atomic E-state index is 11.1. The third kappa shape index (κ3) is 1.69. The highest BCUT2D eigenvalue weighted by Crippen LogP contribution is 2.17. The zero-order valence-corrected chi connectivity index (χ0v) is 9.75. The summed E-state index contributed by atoms with van der Waals surface area (Å²) < 4.78 is 1.32. The molecular formula is C11H9N5O2. The number of carboxylic acid groups (broad SMARTS) is 1. The van der Waals surface area contributed by atoms with Gasteiger partial charge in [0.05, 0.1) is 11.4 Å². The lowest BCUT2D eigenvalue weighted by molar-refractivity contribution is 0.0695. The number of aromatic carboxylic acids is 1. The van der Waals surface area contributed by atoms with Gasteiger partial charge in [0.15, 0.2) is 11.5 Å². The maximum Gasteiger partial charge on any atom is 0.339 e. The minimum Gasteiger partial charge on any atom is -0.478 e. The van der Waals surface area contributed by atoms with E-state index in [9.17, 15) is 4.79 Å². The number of nitrogens with zero attached hydrogens (tertiary/aromatic N) is 5. The van der Waals surface area contributed by atoms with Gasteiger partial charge in [0.25, 0.3) is 0 Å². The number of carbonyl (C=O) groups is 1. The van der Waals surface area contributed by atoms with Gasteiger partial charge in [-0.2, -0.15) is 10.4 Å². The van der Waals surface area contributed by atoms with Crippen LogP contribution in [0.3, 0.4) is 0 Å². The second kappa shape index (κ2) is 4.25. The second-order valence-electron chi connectivity index (χ2n) is 3.60. The van der Waals surface area contributed by atoms with Crippen molar-refractivity contribution in [2.75, 3.05) is 0 Å². The van der Waals surface area contributed by atoms with Crippen molar-refractivity contribution in [2.24, 2.45) is 0 Å². The Bertz CT molecular complexity index is 669. The molecule has 1 N–H and O–H groups in total. The SMILES string of the molecule is Cc1nn(-c2nccnc2C#N)c(C)c1C(=O)O. The summed E-state index contributed by atoms with van der Waals surface area (Å²) in [6, 6.07) is 1.90. The van der Waals surface area contributed by atoms with Crippen LogP contribution in [-0.2, 0) is 0 Å². The van der Waals surface area contributed by atoms with Crippen molar-refractivity contribution in [3.05, 3.63) is 35.0 Å². The van der Waals surface area contributed by atoms with Crippen molar-refractivity contribution in [3.8, 4) is 11.9 Å². The molecule has 7 nitrogen and oxygen atoms in total. The van der Waals surface area contributed by atoms with Crippen LogP contribution in [0.25, 0.3) is 5.82 Å². The smallest absolute Gasteiger partial charge is 0.339 e. The standard InChI is InChI=1S/C11H9N5O2/c1-6-9(11(17)18)7(2)16(15-6)10-8(5-12)13-3-4-14-10/h3-4H,1-2H3,(H,17,18). The maximum atomic E-state index is 11.1. The Hall–Kier alpha value is -2.75. The van der Waals surface area contributed by atoms with Gasteiger partial charge in [-0.1, -0.05) is 0 Å². The molecule has 0 aromatic carbocycles. The monoisotopic (exact) mass is 243 g/mol. The number of aryl methyl sites for hydroxylation is 1. The molecule has 90 valence electrons. The molecule has 2 rings (SSSR count). The Morgan fingerprint density at radius 2 is 2.06 bits per heavy atom. The molecule has 2 aromatic rings. The van der Waals surface area contributed by atoms with Gasteiger partial charge in [-0.25, -0.2) is 19.4 Å². The van der Waals surface area contributed by atoms with Gasteiger partial charge in [0.2, 0.25) is 0 Å². The summed E-state index contributed by atoms with van der Waals surface area (Å²) in [5.41, 5.74) is 0.996. The minimum atomic E-state index is -1.06. The van der Waals surface area contributed by atoms with Crippen LogP contribution in [0.4, 0.5) is 0 Å². The van der Waals surface area contributed by atoms with Gasteiger partial charge in [0.1, 0.15) is 11.6 Å². The first-order chi connectivity index (χ1) is 8.56. The summed E-state index contributed by atoms with van der Waals surface area (Å²) in [4.78, 5) is 19.0. The van der Waals surface area contributed by atoms with Crippen LogP contribution >= 0.6 is 0 Å². The molecule has 2 aromatic heterocycles. The van der Waals surface area contributed by atoms with Gasteiger partial charge in [-0.15, -0.1) is 0 Å². The van der Waals surface area contributed by atoms with Crippen molar-refractivity contribution < 1.29 is 9.90 Å². The predicted octanol–water partition coefficient (Wildman–Crippen LogP) is 0.849. The number of carboxylic acids is 1. The molecule has 0 saturated heterocycles. The molecule has 0 aliphatic rings. The predicted molar refractivity (Wildman–Crippen MR) is 60.3 cm³/mol. The van der Waals surface area contributed by atoms with Gasteiger partial charge >= 0.3 is 5.97 Å². The average Bonchev–Trinajstić information content (AvgIpc) is 2.64. The van der Waals surface area contributed by atoms with Crippen molar-refractivity contribution in [3.63, 3.8) is 0 Å². The van der Waals surface area contributed by atoms with E-state index >= 15 is 0 Å². The van der Waals surface area contributed by atoms with Crippen LogP contribution in [-0.4, -0.2) is 30.8 Å². The molecule has 0 saturated carbocycles. The minimum absolute atomic E-state index is 0.0973. The lowest BCUT2D eigenvalue weighted by Gasteiger charge is -2.03. The van der Waals surface area contributed by atoms with Gasteiger partial charge in [-0.3, -0.25) is 0 Å². The molecule has 0 amide bonds. The zero-order valence-electron chi connectivity index (χ0n) is 9.75. The molecule has 2 heterocycles. The first kappa shape index (κ1) is 11.7. The number of nitriles is 1. The molecule has 0 aliphatic carbocycles. The Kier molecular flexibility index (Phi) is 2.77. The fourth-order valence-corrected chi connectivity index (χ4v) is 1.72. The summed E-state index contributed by atoms with van der Waals surface area (Å²) in [5.74, 6) is -0.827. The van der Waals surface area contributed by atoms with Crippen molar-refractivity contribution in [1.82, 2.24) is 19.7 Å². The highest BCUT2D eigenvalue weighted by molar-refractivity contribution is 5.90. The van der Waals surface area contributed by atoms with Crippen LogP contribution in [0, 0.1) is 25.2 Å². The molecule has 0 spiro atoms. The molecule has 0 aliphatic heterocycles. The van der Waals surface area contributed by atoms with Crippen LogP contribution in [0.5, 0.6) is 0 Å². The highest BCUT2D eigenvalue weighted by Gasteiger charge is 2.20. The van der Waals surface area contributed by atoms with Crippen molar-refractivity contribution >= 4 is 5.97 Å². The van der Waals surface area contributed by atoms with Gasteiger partial charge in [0, 0.05) is 12.4 Å². The Labute approximate surface area is 102 Å². The summed E-state index contributed by atoms with van der Waals surface area (Å²) in [6.07, 6.45) is 2.82. The van der Waals surface area contributed by atoms with E-state index < -0.39 is 5.97 Å². The first-order valence-corrected chi connectivity index (χ1v) is 5.07. The fourth-order valence-electron chi connectivity index (χ4n) is 1.72. The van der Waals surface area contributed by atoms with Crippen molar-refractivity contribution in [1.29, 1.82) is 5.26 Å². The van der Waals surface area contributed by atoms with E-state index in [0.29, 0.717) is 11.4 Å². The van der Waals surface area contributed by atoms with E-state index in [-0.39, 0.29) is 17.1 Å². The van der Waals surface area contributed by atoms with E-state index in [1.165, 1.54) is 17.1 Å². The Balaban J connectivity index is 2.70. The van der Waals surface area contributed by atoms with E-state index in [1.54, 1.807) is 13.8 Å². The average molecular weight is 243 g/mol. The van der Waals surface area contributed by atoms with Gasteiger partial charge < -0.3 is 5.11 Å². The lowest BCUT2D eigenvalue weighted by atomic mass is 10.2. The topological polar surface area (TPSA) is 105 Å². The Morgan fingerprint density at radius 3 is 2.61 bits per heavy atom. The zero-order chi connectivity index (χ0) is 13.3. The summed E-state index contributed by atoms with van der Waals surface area (Å²) >= 11 is 0. The summed E-state index contributed by atoms with van der Waals surface area (Å²) in [7, 11) is 0. The van der Waals surface area contributed by atoms with Crippen LogP contribution < -0.4 is 0 Å². The third-order valence-electron chi connectivity index (χ3n) is 2.49. The normalized spacial score (nSPS) is 10.1. The number of hydrogen-bond acceptors (Lipinski definition) is 5. The molecule has 18 heavy (non-hydrogen) atoms. The van der Waals surface area contributed by atoms with Crippen LogP contribution in [0.1, 0.15) is 27.4 Å². The molecule has 0 radical (unpaired) electrons. The quantitative estimate of drug-likeness (QED) is 0.838. The molecule has 0 unspecified atom stereocenters. The van der Waals surface area contributed by atoms with E-state index in [2.05, 4.69) is 15.1 Å². The van der Waals surface area contributed by atoms with E-state index in [0.717, 1.165) is 0 Å². The third-order valence-corrected chi connectivity index (χ3v) is 2.49. The second-order valence-corrected chi connectivity index (χ2v) is 3.60. The van der Waals surface area contributed by atoms with E-state index in [1.807, 2.05) is 6.07 Å².